The molecule has 0 bridgehead atoms. The molecule has 0 saturated heterocycles. The zero-order chi connectivity index (χ0) is 12.8. The van der Waals surface area contributed by atoms with Gasteiger partial charge in [0, 0.05) is 24.7 Å². The second-order valence-corrected chi connectivity index (χ2v) is 5.02. The van der Waals surface area contributed by atoms with Gasteiger partial charge in [0.05, 0.1) is 18.2 Å². The molecule has 1 aliphatic rings. The molecule has 3 nitrogen and oxygen atoms in total. The molecule has 0 unspecified atom stereocenters. The topological polar surface area (TPSA) is 45.0 Å². The first-order valence-corrected chi connectivity index (χ1v) is 6.64. The van der Waals surface area contributed by atoms with Gasteiger partial charge in [0.15, 0.2) is 0 Å². The number of nitrogens with zero attached hydrogens (tertiary/aromatic N) is 1. The van der Waals surface area contributed by atoms with E-state index in [4.69, 9.17) is 21.6 Å². The van der Waals surface area contributed by atoms with Gasteiger partial charge < -0.3 is 10.1 Å². The summed E-state index contributed by atoms with van der Waals surface area (Å²) in [6.07, 6.45) is 2.66. The number of nitriles is 1. The molecule has 1 aromatic rings. The Labute approximate surface area is 113 Å². The fourth-order valence-corrected chi connectivity index (χ4v) is 1.91. The van der Waals surface area contributed by atoms with Gasteiger partial charge in [-0.1, -0.05) is 17.7 Å². The Balaban J connectivity index is 1.64. The zero-order valence-electron chi connectivity index (χ0n) is 10.3. The first kappa shape index (κ1) is 13.4. The number of hydrogen-bond donors (Lipinski definition) is 1. The first-order valence-electron chi connectivity index (χ1n) is 6.26. The number of rotatable bonds is 7. The van der Waals surface area contributed by atoms with Crippen molar-refractivity contribution in [2.45, 2.75) is 19.4 Å². The van der Waals surface area contributed by atoms with Crippen molar-refractivity contribution in [3.63, 3.8) is 0 Å². The van der Waals surface area contributed by atoms with Gasteiger partial charge in [0.25, 0.3) is 0 Å². The van der Waals surface area contributed by atoms with Gasteiger partial charge in [0.1, 0.15) is 0 Å². The third-order valence-corrected chi connectivity index (χ3v) is 3.32. The molecular weight excluding hydrogens is 248 g/mol. The van der Waals surface area contributed by atoms with E-state index in [1.54, 1.807) is 12.1 Å². The van der Waals surface area contributed by atoms with Crippen LogP contribution in [0.4, 0.5) is 0 Å². The van der Waals surface area contributed by atoms with Gasteiger partial charge >= 0.3 is 0 Å². The molecule has 1 N–H and O–H groups in total. The molecule has 0 aromatic heterocycles. The lowest BCUT2D eigenvalue weighted by molar-refractivity contribution is 0.126. The monoisotopic (exact) mass is 264 g/mol. The fourth-order valence-electron chi connectivity index (χ4n) is 1.66. The Hall–Kier alpha value is -1.08. The summed E-state index contributed by atoms with van der Waals surface area (Å²) < 4.78 is 5.52. The van der Waals surface area contributed by atoms with Gasteiger partial charge in [-0.15, -0.1) is 0 Å². The highest BCUT2D eigenvalue weighted by atomic mass is 35.5. The Kier molecular flexibility index (Phi) is 5.00. The van der Waals surface area contributed by atoms with Crippen molar-refractivity contribution in [2.75, 3.05) is 19.8 Å². The van der Waals surface area contributed by atoms with E-state index in [-0.39, 0.29) is 0 Å². The molecule has 1 aromatic carbocycles. The smallest absolute Gasteiger partial charge is 0.0992 e. The van der Waals surface area contributed by atoms with E-state index in [9.17, 15) is 0 Å². The predicted octanol–water partition coefficient (Wildman–Crippen LogP) is 2.73. The van der Waals surface area contributed by atoms with Gasteiger partial charge in [-0.05, 0) is 36.5 Å². The molecule has 0 radical (unpaired) electrons. The molecule has 18 heavy (non-hydrogen) atoms. The number of hydrogen-bond acceptors (Lipinski definition) is 3. The molecule has 0 atom stereocenters. The van der Waals surface area contributed by atoms with Crippen molar-refractivity contribution in [2.24, 2.45) is 5.92 Å². The summed E-state index contributed by atoms with van der Waals surface area (Å²) in [6, 6.07) is 7.44. The second-order valence-electron chi connectivity index (χ2n) is 4.61. The summed E-state index contributed by atoms with van der Waals surface area (Å²) in [7, 11) is 0. The third-order valence-electron chi connectivity index (χ3n) is 2.97. The van der Waals surface area contributed by atoms with E-state index in [0.717, 1.165) is 31.2 Å². The highest BCUT2D eigenvalue weighted by Gasteiger charge is 2.20. The highest BCUT2D eigenvalue weighted by Crippen LogP contribution is 2.28. The predicted molar refractivity (Wildman–Crippen MR) is 71.4 cm³/mol. The van der Waals surface area contributed by atoms with Crippen LogP contribution in [0.25, 0.3) is 0 Å². The number of ether oxygens (including phenoxy) is 1. The molecule has 1 saturated carbocycles. The molecule has 1 aliphatic carbocycles. The van der Waals surface area contributed by atoms with Crippen molar-refractivity contribution in [3.05, 3.63) is 34.3 Å². The standard InChI is InChI=1S/C14H17ClN2O/c15-14-7-12(8-16)3-4-13(14)9-17-5-6-18-10-11-1-2-11/h3-4,7,11,17H,1-2,5-6,9-10H2. The van der Waals surface area contributed by atoms with Crippen molar-refractivity contribution < 1.29 is 4.74 Å². The van der Waals surface area contributed by atoms with Crippen molar-refractivity contribution in [1.29, 1.82) is 5.26 Å². The quantitative estimate of drug-likeness (QED) is 0.770. The van der Waals surface area contributed by atoms with Crippen molar-refractivity contribution in [1.82, 2.24) is 5.32 Å². The normalized spacial score (nSPS) is 14.4. The van der Waals surface area contributed by atoms with Crippen LogP contribution in [-0.2, 0) is 11.3 Å². The fraction of sp³-hybridized carbons (Fsp3) is 0.500. The Morgan fingerprint density at radius 3 is 2.94 bits per heavy atom. The minimum absolute atomic E-state index is 0.594. The van der Waals surface area contributed by atoms with E-state index in [1.165, 1.54) is 12.8 Å². The average molecular weight is 265 g/mol. The lowest BCUT2D eigenvalue weighted by atomic mass is 10.1. The highest BCUT2D eigenvalue weighted by molar-refractivity contribution is 6.31. The Morgan fingerprint density at radius 1 is 1.44 bits per heavy atom. The van der Waals surface area contributed by atoms with Gasteiger partial charge in [-0.25, -0.2) is 0 Å². The second kappa shape index (κ2) is 6.75. The van der Waals surface area contributed by atoms with E-state index in [1.807, 2.05) is 6.07 Å². The summed E-state index contributed by atoms with van der Waals surface area (Å²) in [6.45, 7) is 3.17. The van der Waals surface area contributed by atoms with Gasteiger partial charge in [-0.3, -0.25) is 0 Å². The lowest BCUT2D eigenvalue weighted by Gasteiger charge is -2.07. The summed E-state index contributed by atoms with van der Waals surface area (Å²) in [5, 5.41) is 12.7. The van der Waals surface area contributed by atoms with E-state index in [2.05, 4.69) is 11.4 Å². The number of halogens is 1. The summed E-state index contributed by atoms with van der Waals surface area (Å²) in [5.74, 6) is 0.818. The van der Waals surface area contributed by atoms with Crippen LogP contribution >= 0.6 is 11.6 Å². The van der Waals surface area contributed by atoms with Gasteiger partial charge in [0.2, 0.25) is 0 Å². The number of benzene rings is 1. The Bertz CT molecular complexity index is 438. The van der Waals surface area contributed by atoms with Crippen molar-refractivity contribution in [3.8, 4) is 6.07 Å². The molecule has 0 heterocycles. The molecule has 2 rings (SSSR count). The maximum absolute atomic E-state index is 8.74. The van der Waals surface area contributed by atoms with Crippen LogP contribution in [0.2, 0.25) is 5.02 Å². The molecule has 0 aliphatic heterocycles. The minimum Gasteiger partial charge on any atom is -0.380 e. The molecule has 0 amide bonds. The Morgan fingerprint density at radius 2 is 2.28 bits per heavy atom. The summed E-state index contributed by atoms with van der Waals surface area (Å²) in [4.78, 5) is 0. The van der Waals surface area contributed by atoms with Crippen LogP contribution in [-0.4, -0.2) is 19.8 Å². The maximum atomic E-state index is 8.74. The molecule has 0 spiro atoms. The summed E-state index contributed by atoms with van der Waals surface area (Å²) in [5.41, 5.74) is 1.61. The van der Waals surface area contributed by atoms with Crippen LogP contribution in [0.1, 0.15) is 24.0 Å². The third kappa shape index (κ3) is 4.30. The average Bonchev–Trinajstić information content (AvgIpc) is 3.19. The van der Waals surface area contributed by atoms with Crippen LogP contribution in [0.3, 0.4) is 0 Å². The lowest BCUT2D eigenvalue weighted by Crippen LogP contribution is -2.20. The molecule has 4 heteroatoms. The van der Waals surface area contributed by atoms with Crippen LogP contribution < -0.4 is 5.32 Å². The first-order chi connectivity index (χ1) is 8.79. The van der Waals surface area contributed by atoms with Gasteiger partial charge in [-0.2, -0.15) is 5.26 Å². The van der Waals surface area contributed by atoms with E-state index in [0.29, 0.717) is 17.1 Å². The van der Waals surface area contributed by atoms with Crippen LogP contribution in [0, 0.1) is 17.2 Å². The molecular formula is C14H17ClN2O. The largest absolute Gasteiger partial charge is 0.380 e. The van der Waals surface area contributed by atoms with Crippen LogP contribution in [0.15, 0.2) is 18.2 Å². The molecule has 96 valence electrons. The van der Waals surface area contributed by atoms with Crippen LogP contribution in [0.5, 0.6) is 0 Å². The molecule has 1 fully saturated rings. The van der Waals surface area contributed by atoms with E-state index < -0.39 is 0 Å². The summed E-state index contributed by atoms with van der Waals surface area (Å²) >= 11 is 6.08. The van der Waals surface area contributed by atoms with E-state index >= 15 is 0 Å². The maximum Gasteiger partial charge on any atom is 0.0992 e. The SMILES string of the molecule is N#Cc1ccc(CNCCOCC2CC2)c(Cl)c1. The number of nitrogens with one attached hydrogen (secondary N) is 1. The zero-order valence-corrected chi connectivity index (χ0v) is 11.0. The van der Waals surface area contributed by atoms with Crippen molar-refractivity contribution >= 4 is 11.6 Å². The minimum atomic E-state index is 0.594.